The normalized spacial score (nSPS) is 28.0. The maximum absolute atomic E-state index is 13.7. The Morgan fingerprint density at radius 1 is 0.957 bits per heavy atom. The molecule has 47 heavy (non-hydrogen) atoms. The van der Waals surface area contributed by atoms with Crippen LogP contribution >= 0.6 is 40.1 Å². The van der Waals surface area contributed by atoms with Crippen LogP contribution in [0, 0.1) is 9.28 Å². The predicted molar refractivity (Wildman–Crippen MR) is 162 cm³/mol. The first-order chi connectivity index (χ1) is 22.2. The molecule has 2 saturated heterocycles. The summed E-state index contributed by atoms with van der Waals surface area (Å²) in [5.41, 5.74) is 12.7. The third-order valence-corrected chi connectivity index (χ3v) is 9.77. The van der Waals surface area contributed by atoms with Crippen LogP contribution in [0.1, 0.15) is 18.9 Å². The van der Waals surface area contributed by atoms with E-state index in [1.165, 1.54) is 17.2 Å². The number of fused-ring (bicyclic) bond motifs is 2. The van der Waals surface area contributed by atoms with E-state index in [0.29, 0.717) is 11.2 Å². The fraction of sp³-hybridized carbons (Fsp3) is 0.524. The fourth-order valence-electron chi connectivity index (χ4n) is 5.18. The number of anilines is 2. The topological polar surface area (TPSA) is 315 Å². The standard InChI is InChI=1S/C21H28N10O12P2S2/c1-38-45(37,40-3-8-7(32)2-10(41-8)30-5-24-11-15(30)26-20(22)28-17(11)46)43-14-9(4-39-44(34,35)36)42-19(13(14)33)31-6-25-12-16(31)27-21(23)29-18(12)47/h5-10,13-14,19,32-33H,2-4H2,1H3,(H2,34,35,36)(H3,22,26,28,46)(H3,23,27,29,47)/t7?,8-,9-,10-,13?,14?,19-,45?/m1/s1. The van der Waals surface area contributed by atoms with Gasteiger partial charge in [-0.25, -0.2) is 29.1 Å². The monoisotopic (exact) mass is 738 g/mol. The highest BCUT2D eigenvalue weighted by Gasteiger charge is 2.51. The smallest absolute Gasteiger partial charge is 0.390 e. The summed E-state index contributed by atoms with van der Waals surface area (Å²) in [4.78, 5) is 40.4. The van der Waals surface area contributed by atoms with Gasteiger partial charge in [0.05, 0.1) is 32.0 Å². The number of phosphoric ester groups is 2. The van der Waals surface area contributed by atoms with E-state index < -0.39 is 71.8 Å². The number of hydrogen-bond acceptors (Lipinski definition) is 18. The van der Waals surface area contributed by atoms with Crippen molar-refractivity contribution in [1.29, 1.82) is 0 Å². The van der Waals surface area contributed by atoms with E-state index in [4.69, 9.17) is 58.9 Å². The van der Waals surface area contributed by atoms with Crippen molar-refractivity contribution >= 4 is 74.3 Å². The molecule has 4 aromatic heterocycles. The Balaban J connectivity index is 1.19. The van der Waals surface area contributed by atoms with E-state index in [-0.39, 0.29) is 38.8 Å². The fourth-order valence-corrected chi connectivity index (χ4v) is 7.15. The van der Waals surface area contributed by atoms with Crippen LogP contribution in [-0.4, -0.2) is 110 Å². The summed E-state index contributed by atoms with van der Waals surface area (Å²) in [6.45, 7) is -1.33. The van der Waals surface area contributed by atoms with Crippen molar-refractivity contribution in [2.24, 2.45) is 0 Å². The van der Waals surface area contributed by atoms with Crippen molar-refractivity contribution in [2.45, 2.75) is 49.4 Å². The molecule has 0 spiro atoms. The molecule has 8 atom stereocenters. The summed E-state index contributed by atoms with van der Waals surface area (Å²) in [6, 6.07) is 0. The van der Waals surface area contributed by atoms with E-state index in [1.54, 1.807) is 4.57 Å². The van der Waals surface area contributed by atoms with E-state index in [1.807, 2.05) is 0 Å². The highest BCUT2D eigenvalue weighted by Crippen LogP contribution is 2.53. The zero-order valence-electron chi connectivity index (χ0n) is 23.9. The number of H-pyrrole nitrogens is 2. The molecule has 0 radical (unpaired) electrons. The molecule has 0 saturated carbocycles. The van der Waals surface area contributed by atoms with Gasteiger partial charge in [0.25, 0.3) is 0 Å². The van der Waals surface area contributed by atoms with Crippen LogP contribution in [0.15, 0.2) is 12.7 Å². The van der Waals surface area contributed by atoms with Crippen LogP contribution in [0.4, 0.5) is 11.9 Å². The molecule has 6 rings (SSSR count). The number of nitrogens with zero attached hydrogens (tertiary/aromatic N) is 6. The zero-order valence-corrected chi connectivity index (χ0v) is 27.3. The highest BCUT2D eigenvalue weighted by molar-refractivity contribution is 7.71. The van der Waals surface area contributed by atoms with Crippen LogP contribution in [0.5, 0.6) is 0 Å². The van der Waals surface area contributed by atoms with E-state index in [2.05, 4.69) is 34.4 Å². The van der Waals surface area contributed by atoms with Gasteiger partial charge >= 0.3 is 15.6 Å². The van der Waals surface area contributed by atoms with Crippen molar-refractivity contribution in [1.82, 2.24) is 39.0 Å². The van der Waals surface area contributed by atoms with Gasteiger partial charge < -0.3 is 50.9 Å². The minimum atomic E-state index is -5.02. The maximum atomic E-state index is 13.7. The number of aromatic nitrogens is 8. The molecule has 22 nitrogen and oxygen atoms in total. The maximum Gasteiger partial charge on any atom is 0.475 e. The number of rotatable bonds is 11. The summed E-state index contributed by atoms with van der Waals surface area (Å²) in [6.07, 6.45) is -6.25. The number of ether oxygens (including phenoxy) is 2. The molecule has 2 aliphatic rings. The van der Waals surface area contributed by atoms with Crippen LogP contribution in [0.3, 0.4) is 0 Å². The molecule has 0 amide bonds. The van der Waals surface area contributed by atoms with Gasteiger partial charge in [-0.1, -0.05) is 24.4 Å². The first-order valence-electron chi connectivity index (χ1n) is 13.5. The molecule has 2 fully saturated rings. The molecule has 2 aliphatic heterocycles. The predicted octanol–water partition coefficient (Wildman–Crippen LogP) is 0.328. The lowest BCUT2D eigenvalue weighted by Gasteiger charge is -2.26. The van der Waals surface area contributed by atoms with Gasteiger partial charge in [-0.05, 0) is 0 Å². The lowest BCUT2D eigenvalue weighted by atomic mass is 10.1. The van der Waals surface area contributed by atoms with E-state index >= 15 is 0 Å². The number of nitrogen functional groups attached to an aromatic ring is 2. The molecule has 4 unspecified atom stereocenters. The summed E-state index contributed by atoms with van der Waals surface area (Å²) in [5, 5.41) is 22.0. The zero-order chi connectivity index (χ0) is 33.8. The molecule has 256 valence electrons. The van der Waals surface area contributed by atoms with Crippen LogP contribution in [0.25, 0.3) is 22.3 Å². The lowest BCUT2D eigenvalue weighted by molar-refractivity contribution is -0.0563. The Morgan fingerprint density at radius 2 is 1.53 bits per heavy atom. The second-order valence-corrected chi connectivity index (χ2v) is 14.1. The van der Waals surface area contributed by atoms with Crippen LogP contribution < -0.4 is 11.5 Å². The highest BCUT2D eigenvalue weighted by atomic mass is 32.1. The SMILES string of the molecule is COP(=O)(OC[C@H]1O[C@@H](n2cnc3c(=S)nc(N)[nH]c32)CC1O)OC1C(O)[C@H](n2cnc3c(=S)nc(N)[nH]c32)O[C@@H]1COP(=O)(O)O. The summed E-state index contributed by atoms with van der Waals surface area (Å²) in [5.74, 6) is -0.0105. The van der Waals surface area contributed by atoms with Crippen molar-refractivity contribution in [3.63, 3.8) is 0 Å². The second-order valence-electron chi connectivity index (χ2n) is 10.3. The summed E-state index contributed by atoms with van der Waals surface area (Å²) < 4.78 is 60.7. The van der Waals surface area contributed by atoms with Gasteiger partial charge in [-0.15, -0.1) is 0 Å². The van der Waals surface area contributed by atoms with Crippen molar-refractivity contribution in [3.8, 4) is 0 Å². The minimum Gasteiger partial charge on any atom is -0.390 e. The largest absolute Gasteiger partial charge is 0.475 e. The Hall–Kier alpha value is -2.80. The van der Waals surface area contributed by atoms with Crippen molar-refractivity contribution in [3.05, 3.63) is 21.9 Å². The van der Waals surface area contributed by atoms with Crippen LogP contribution in [0.2, 0.25) is 0 Å². The van der Waals surface area contributed by atoms with Gasteiger partial charge in [0.15, 0.2) is 27.4 Å². The molecular formula is C21H28N10O12P2S2. The molecule has 6 heterocycles. The average molecular weight is 739 g/mol. The van der Waals surface area contributed by atoms with Gasteiger partial charge in [0.1, 0.15) is 53.0 Å². The number of aliphatic hydroxyl groups excluding tert-OH is 2. The summed E-state index contributed by atoms with van der Waals surface area (Å²) in [7, 11) is -8.60. The molecule has 0 bridgehead atoms. The first kappa shape index (κ1) is 34.1. The summed E-state index contributed by atoms with van der Waals surface area (Å²) >= 11 is 10.4. The Kier molecular flexibility index (Phi) is 9.36. The number of hydrogen-bond donors (Lipinski definition) is 8. The van der Waals surface area contributed by atoms with E-state index in [0.717, 1.165) is 7.11 Å². The van der Waals surface area contributed by atoms with Crippen molar-refractivity contribution in [2.75, 3.05) is 31.8 Å². The molecule has 10 N–H and O–H groups in total. The third-order valence-electron chi connectivity index (χ3n) is 7.31. The number of phosphoric acid groups is 2. The molecule has 0 aromatic carbocycles. The van der Waals surface area contributed by atoms with Gasteiger partial charge in [0.2, 0.25) is 0 Å². The van der Waals surface area contributed by atoms with E-state index in [9.17, 15) is 29.1 Å². The Labute approximate surface area is 272 Å². The first-order valence-corrected chi connectivity index (χ1v) is 17.3. The number of imidazole rings is 2. The number of aliphatic hydroxyl groups is 2. The Morgan fingerprint density at radius 3 is 2.13 bits per heavy atom. The third kappa shape index (κ3) is 6.89. The molecule has 4 aromatic rings. The minimum absolute atomic E-state index is 0.0521. The van der Waals surface area contributed by atoms with Gasteiger partial charge in [0, 0.05) is 13.5 Å². The van der Waals surface area contributed by atoms with Gasteiger partial charge in [-0.2, -0.15) is 0 Å². The average Bonchev–Trinajstić information content (AvgIpc) is 3.76. The second kappa shape index (κ2) is 12.9. The number of aromatic amines is 2. The molecule has 0 aliphatic carbocycles. The van der Waals surface area contributed by atoms with Gasteiger partial charge in [-0.3, -0.25) is 27.2 Å². The van der Waals surface area contributed by atoms with Crippen molar-refractivity contribution < 1.29 is 56.7 Å². The lowest BCUT2D eigenvalue weighted by Crippen LogP contribution is -2.36. The Bertz CT molecular complexity index is 2020. The molecular weight excluding hydrogens is 710 g/mol. The van der Waals surface area contributed by atoms with Crippen LogP contribution in [-0.2, 0) is 36.7 Å². The molecule has 26 heteroatoms. The number of nitrogens with two attached hydrogens (primary N) is 2. The quantitative estimate of drug-likeness (QED) is 0.0759. The number of nitrogens with one attached hydrogen (secondary N) is 2.